The maximum absolute atomic E-state index is 13.5. The number of hydrogen-bond donors (Lipinski definition) is 2. The van der Waals surface area contributed by atoms with Crippen molar-refractivity contribution in [3.8, 4) is 11.5 Å². The first-order valence-corrected chi connectivity index (χ1v) is 13.8. The third-order valence-corrected chi connectivity index (χ3v) is 7.69. The number of amides is 3. The van der Waals surface area contributed by atoms with Crippen LogP contribution >= 0.6 is 0 Å². The van der Waals surface area contributed by atoms with Crippen LogP contribution in [0.15, 0.2) is 72.8 Å². The van der Waals surface area contributed by atoms with Gasteiger partial charge in [0.2, 0.25) is 5.91 Å². The van der Waals surface area contributed by atoms with Gasteiger partial charge in [0, 0.05) is 18.3 Å². The molecule has 0 aliphatic carbocycles. The molecule has 5 rings (SSSR count). The standard InChI is InChI=1S/C32H35N3O6/c1-20(21-8-5-4-6-9-21)33-30(36)18-25-13-14-27-29(41-25)19-40-28-15-12-23(17-26(28)32(38)35(27)2)34-31(37)22-10-7-11-24(16-22)39-3/h4-12,15-17,20,25,27,29H,13-14,18-19H2,1-3H3,(H,33,36)(H,34,37)/t20-,25-,27-,29+/m0/s1. The summed E-state index contributed by atoms with van der Waals surface area (Å²) in [7, 11) is 3.30. The zero-order chi connectivity index (χ0) is 28.9. The molecule has 2 N–H and O–H groups in total. The number of nitrogens with zero attached hydrogens (tertiary/aromatic N) is 1. The highest BCUT2D eigenvalue weighted by Gasteiger charge is 2.39. The molecule has 2 aliphatic heterocycles. The average molecular weight is 558 g/mol. The van der Waals surface area contributed by atoms with Crippen molar-refractivity contribution in [3.63, 3.8) is 0 Å². The second-order valence-electron chi connectivity index (χ2n) is 10.5. The van der Waals surface area contributed by atoms with Crippen molar-refractivity contribution in [1.29, 1.82) is 0 Å². The predicted molar refractivity (Wildman–Crippen MR) is 154 cm³/mol. The molecule has 0 radical (unpaired) electrons. The number of fused-ring (bicyclic) bond motifs is 2. The number of anilines is 1. The van der Waals surface area contributed by atoms with Crippen LogP contribution < -0.4 is 20.1 Å². The van der Waals surface area contributed by atoms with Crippen molar-refractivity contribution in [3.05, 3.63) is 89.5 Å². The van der Waals surface area contributed by atoms with Crippen molar-refractivity contribution >= 4 is 23.4 Å². The van der Waals surface area contributed by atoms with Gasteiger partial charge in [-0.3, -0.25) is 14.4 Å². The Bertz CT molecular complexity index is 1410. The Labute approximate surface area is 239 Å². The molecule has 3 aromatic carbocycles. The lowest BCUT2D eigenvalue weighted by Crippen LogP contribution is -2.54. The molecule has 2 aliphatic rings. The van der Waals surface area contributed by atoms with Crippen LogP contribution in [0.1, 0.15) is 58.5 Å². The average Bonchev–Trinajstić information content (AvgIpc) is 2.99. The normalized spacial score (nSPS) is 20.8. The molecule has 0 bridgehead atoms. The SMILES string of the molecule is COc1cccc(C(=O)Nc2ccc3c(c2)C(=O)N(C)[C@H]2CC[C@@H](CC(=O)N[C@@H](C)c4ccccc4)O[C@@H]2CO3)c1. The van der Waals surface area contributed by atoms with E-state index >= 15 is 0 Å². The Morgan fingerprint density at radius 2 is 1.85 bits per heavy atom. The Hall–Kier alpha value is -4.37. The van der Waals surface area contributed by atoms with Crippen LogP contribution in [0.4, 0.5) is 5.69 Å². The van der Waals surface area contributed by atoms with Gasteiger partial charge in [-0.25, -0.2) is 0 Å². The number of carbonyl (C=O) groups excluding carboxylic acids is 3. The second-order valence-corrected chi connectivity index (χ2v) is 10.5. The number of hydrogen-bond acceptors (Lipinski definition) is 6. The molecule has 0 saturated carbocycles. The summed E-state index contributed by atoms with van der Waals surface area (Å²) in [6.07, 6.45) is 0.937. The van der Waals surface area contributed by atoms with Gasteiger partial charge in [-0.15, -0.1) is 0 Å². The molecule has 0 unspecified atom stereocenters. The van der Waals surface area contributed by atoms with Crippen LogP contribution in [0, 0.1) is 0 Å². The third kappa shape index (κ3) is 6.52. The summed E-state index contributed by atoms with van der Waals surface area (Å²) in [5.41, 5.74) is 2.33. The molecular formula is C32H35N3O6. The lowest BCUT2D eigenvalue weighted by Gasteiger charge is -2.42. The fourth-order valence-electron chi connectivity index (χ4n) is 5.41. The van der Waals surface area contributed by atoms with Crippen LogP contribution in [0.5, 0.6) is 11.5 Å². The molecule has 0 aromatic heterocycles. The van der Waals surface area contributed by atoms with Gasteiger partial charge in [0.25, 0.3) is 11.8 Å². The van der Waals surface area contributed by atoms with Gasteiger partial charge >= 0.3 is 0 Å². The summed E-state index contributed by atoms with van der Waals surface area (Å²) in [5, 5.41) is 5.90. The van der Waals surface area contributed by atoms with Crippen LogP contribution in [-0.4, -0.2) is 61.6 Å². The summed E-state index contributed by atoms with van der Waals surface area (Å²) >= 11 is 0. The van der Waals surface area contributed by atoms with Gasteiger partial charge < -0.3 is 29.7 Å². The maximum atomic E-state index is 13.5. The molecule has 214 valence electrons. The van der Waals surface area contributed by atoms with Gasteiger partial charge in [0.05, 0.1) is 37.3 Å². The van der Waals surface area contributed by atoms with E-state index in [1.807, 2.05) is 37.3 Å². The number of likely N-dealkylation sites (N-methyl/N-ethyl adjacent to an activating group) is 1. The lowest BCUT2D eigenvalue weighted by molar-refractivity contribution is -0.134. The fourth-order valence-corrected chi connectivity index (χ4v) is 5.41. The number of carbonyl (C=O) groups is 3. The Morgan fingerprint density at radius 1 is 1.05 bits per heavy atom. The smallest absolute Gasteiger partial charge is 0.257 e. The van der Waals surface area contributed by atoms with E-state index < -0.39 is 0 Å². The molecule has 2 heterocycles. The molecule has 3 amide bonds. The first-order valence-electron chi connectivity index (χ1n) is 13.8. The summed E-state index contributed by atoms with van der Waals surface area (Å²) < 4.78 is 17.6. The molecule has 4 atom stereocenters. The van der Waals surface area contributed by atoms with E-state index in [2.05, 4.69) is 10.6 Å². The monoisotopic (exact) mass is 557 g/mol. The van der Waals surface area contributed by atoms with Crippen LogP contribution in [0.25, 0.3) is 0 Å². The van der Waals surface area contributed by atoms with Crippen molar-refractivity contribution in [1.82, 2.24) is 10.2 Å². The van der Waals surface area contributed by atoms with Gasteiger partial charge in [-0.1, -0.05) is 36.4 Å². The number of nitrogens with one attached hydrogen (secondary N) is 2. The van der Waals surface area contributed by atoms with Gasteiger partial charge in [0.1, 0.15) is 24.2 Å². The minimum Gasteiger partial charge on any atom is -0.497 e. The molecule has 1 saturated heterocycles. The zero-order valence-corrected chi connectivity index (χ0v) is 23.5. The Kier molecular flexibility index (Phi) is 8.54. The molecule has 3 aromatic rings. The summed E-state index contributed by atoms with van der Waals surface area (Å²) in [4.78, 5) is 40.8. The lowest BCUT2D eigenvalue weighted by atomic mass is 9.94. The Balaban J connectivity index is 1.23. The van der Waals surface area contributed by atoms with E-state index in [-0.39, 0.29) is 55.0 Å². The van der Waals surface area contributed by atoms with E-state index in [0.29, 0.717) is 41.2 Å². The van der Waals surface area contributed by atoms with E-state index in [1.54, 1.807) is 61.5 Å². The molecule has 9 heteroatoms. The van der Waals surface area contributed by atoms with E-state index in [1.165, 1.54) is 0 Å². The highest BCUT2D eigenvalue weighted by Crippen LogP contribution is 2.33. The number of rotatable bonds is 7. The maximum Gasteiger partial charge on any atom is 0.257 e. The number of ether oxygens (including phenoxy) is 3. The van der Waals surface area contributed by atoms with Crippen molar-refractivity contribution in [2.75, 3.05) is 26.1 Å². The predicted octanol–water partition coefficient (Wildman–Crippen LogP) is 4.60. The quantitative estimate of drug-likeness (QED) is 0.440. The highest BCUT2D eigenvalue weighted by molar-refractivity contribution is 6.05. The fraction of sp³-hybridized carbons (Fsp3) is 0.344. The van der Waals surface area contributed by atoms with Gasteiger partial charge in [-0.05, 0) is 61.7 Å². The van der Waals surface area contributed by atoms with Gasteiger partial charge in [0.15, 0.2) is 0 Å². The van der Waals surface area contributed by atoms with E-state index in [9.17, 15) is 14.4 Å². The number of methoxy groups -OCH3 is 1. The van der Waals surface area contributed by atoms with E-state index in [4.69, 9.17) is 14.2 Å². The van der Waals surface area contributed by atoms with Crippen LogP contribution in [0.3, 0.4) is 0 Å². The number of benzene rings is 3. The Morgan fingerprint density at radius 3 is 2.63 bits per heavy atom. The van der Waals surface area contributed by atoms with Crippen LogP contribution in [-0.2, 0) is 9.53 Å². The molecular weight excluding hydrogens is 522 g/mol. The molecule has 41 heavy (non-hydrogen) atoms. The van der Waals surface area contributed by atoms with Crippen molar-refractivity contribution in [2.45, 2.75) is 50.5 Å². The molecule has 1 fully saturated rings. The third-order valence-electron chi connectivity index (χ3n) is 7.69. The summed E-state index contributed by atoms with van der Waals surface area (Å²) in [6, 6.07) is 21.4. The minimum atomic E-state index is -0.373. The van der Waals surface area contributed by atoms with E-state index in [0.717, 1.165) is 5.56 Å². The first kappa shape index (κ1) is 28.2. The van der Waals surface area contributed by atoms with Crippen molar-refractivity contribution in [2.24, 2.45) is 0 Å². The second kappa shape index (κ2) is 12.4. The largest absolute Gasteiger partial charge is 0.497 e. The topological polar surface area (TPSA) is 106 Å². The molecule has 9 nitrogen and oxygen atoms in total. The minimum absolute atomic E-state index is 0.0742. The van der Waals surface area contributed by atoms with Crippen LogP contribution in [0.2, 0.25) is 0 Å². The first-order chi connectivity index (χ1) is 19.8. The van der Waals surface area contributed by atoms with Gasteiger partial charge in [-0.2, -0.15) is 0 Å². The highest BCUT2D eigenvalue weighted by atomic mass is 16.5. The summed E-state index contributed by atoms with van der Waals surface area (Å²) in [6.45, 7) is 2.20. The zero-order valence-electron chi connectivity index (χ0n) is 23.5. The summed E-state index contributed by atoms with van der Waals surface area (Å²) in [5.74, 6) is 0.388. The van der Waals surface area contributed by atoms with Crippen molar-refractivity contribution < 1.29 is 28.6 Å². The molecule has 0 spiro atoms.